The second-order valence-electron chi connectivity index (χ2n) is 4.48. The van der Waals surface area contributed by atoms with Crippen molar-refractivity contribution >= 4 is 11.6 Å². The summed E-state index contributed by atoms with van der Waals surface area (Å²) in [5.74, 6) is -0.420. The summed E-state index contributed by atoms with van der Waals surface area (Å²) in [7, 11) is 0. The van der Waals surface area contributed by atoms with Gasteiger partial charge in [0.05, 0.1) is 6.20 Å². The number of nitrogens with one attached hydrogen (secondary N) is 1. The molecule has 2 aromatic rings. The van der Waals surface area contributed by atoms with Crippen LogP contribution in [0.3, 0.4) is 0 Å². The van der Waals surface area contributed by atoms with Crippen molar-refractivity contribution in [2.24, 2.45) is 5.73 Å². The number of nitrogens with two attached hydrogens (primary N) is 1. The number of hydrogen-bond acceptors (Lipinski definition) is 3. The molecule has 0 aliphatic rings. The SMILES string of the molecule is CCn1cc(C(Nc2ccc(C)cc2)C(N)=O)cn1. The van der Waals surface area contributed by atoms with Gasteiger partial charge in [0.2, 0.25) is 5.91 Å². The normalized spacial score (nSPS) is 12.1. The summed E-state index contributed by atoms with van der Waals surface area (Å²) in [6.45, 7) is 4.76. The zero-order chi connectivity index (χ0) is 13.8. The minimum Gasteiger partial charge on any atom is -0.370 e. The largest absolute Gasteiger partial charge is 0.370 e. The van der Waals surface area contributed by atoms with Gasteiger partial charge in [-0.2, -0.15) is 5.10 Å². The van der Waals surface area contributed by atoms with E-state index >= 15 is 0 Å². The molecule has 0 aliphatic heterocycles. The standard InChI is InChI=1S/C14H18N4O/c1-3-18-9-11(8-16-18)13(14(15)19)17-12-6-4-10(2)5-7-12/h4-9,13,17H,3H2,1-2H3,(H2,15,19). The number of nitrogens with zero attached hydrogens (tertiary/aromatic N) is 2. The van der Waals surface area contributed by atoms with Crippen LogP contribution in [0.4, 0.5) is 5.69 Å². The van der Waals surface area contributed by atoms with Gasteiger partial charge in [0.25, 0.3) is 0 Å². The van der Waals surface area contributed by atoms with Gasteiger partial charge in [0.15, 0.2) is 0 Å². The Hall–Kier alpha value is -2.30. The molecule has 3 N–H and O–H groups in total. The summed E-state index contributed by atoms with van der Waals surface area (Å²) in [5.41, 5.74) is 8.26. The van der Waals surface area contributed by atoms with Crippen LogP contribution in [0.25, 0.3) is 0 Å². The zero-order valence-electron chi connectivity index (χ0n) is 11.1. The monoisotopic (exact) mass is 258 g/mol. The third-order valence-corrected chi connectivity index (χ3v) is 2.96. The third-order valence-electron chi connectivity index (χ3n) is 2.96. The van der Waals surface area contributed by atoms with Crippen molar-refractivity contribution in [2.45, 2.75) is 26.4 Å². The van der Waals surface area contributed by atoms with Gasteiger partial charge in [0.1, 0.15) is 6.04 Å². The Morgan fingerprint density at radius 3 is 2.63 bits per heavy atom. The Morgan fingerprint density at radius 1 is 1.42 bits per heavy atom. The maximum Gasteiger partial charge on any atom is 0.244 e. The van der Waals surface area contributed by atoms with Crippen molar-refractivity contribution in [1.82, 2.24) is 9.78 Å². The molecule has 0 spiro atoms. The van der Waals surface area contributed by atoms with Gasteiger partial charge in [-0.1, -0.05) is 17.7 Å². The van der Waals surface area contributed by atoms with Crippen LogP contribution in [-0.2, 0) is 11.3 Å². The van der Waals surface area contributed by atoms with Crippen molar-refractivity contribution in [2.75, 3.05) is 5.32 Å². The summed E-state index contributed by atoms with van der Waals surface area (Å²) in [5, 5.41) is 7.29. The van der Waals surface area contributed by atoms with Crippen LogP contribution in [0.2, 0.25) is 0 Å². The molecule has 1 heterocycles. The molecule has 1 aromatic heterocycles. The van der Waals surface area contributed by atoms with E-state index in [2.05, 4.69) is 10.4 Å². The van der Waals surface area contributed by atoms with Crippen LogP contribution in [-0.4, -0.2) is 15.7 Å². The maximum atomic E-state index is 11.6. The molecule has 1 amide bonds. The summed E-state index contributed by atoms with van der Waals surface area (Å²) >= 11 is 0. The van der Waals surface area contributed by atoms with Gasteiger partial charge in [-0.15, -0.1) is 0 Å². The molecule has 2 rings (SSSR count). The number of anilines is 1. The Morgan fingerprint density at radius 2 is 2.11 bits per heavy atom. The lowest BCUT2D eigenvalue weighted by Gasteiger charge is -2.15. The Balaban J connectivity index is 2.21. The lowest BCUT2D eigenvalue weighted by molar-refractivity contribution is -0.118. The third kappa shape index (κ3) is 3.13. The van der Waals surface area contributed by atoms with Crippen molar-refractivity contribution < 1.29 is 4.79 Å². The molecule has 0 fully saturated rings. The lowest BCUT2D eigenvalue weighted by atomic mass is 10.1. The minimum atomic E-state index is -0.567. The van der Waals surface area contributed by atoms with Gasteiger partial charge in [-0.3, -0.25) is 9.48 Å². The van der Waals surface area contributed by atoms with E-state index in [1.165, 1.54) is 5.56 Å². The van der Waals surface area contributed by atoms with Gasteiger partial charge < -0.3 is 11.1 Å². The highest BCUT2D eigenvalue weighted by atomic mass is 16.1. The van der Waals surface area contributed by atoms with Gasteiger partial charge in [0, 0.05) is 24.0 Å². The van der Waals surface area contributed by atoms with Crippen LogP contribution in [0.15, 0.2) is 36.7 Å². The number of rotatable bonds is 5. The maximum absolute atomic E-state index is 11.6. The first-order chi connectivity index (χ1) is 9.10. The van der Waals surface area contributed by atoms with Gasteiger partial charge >= 0.3 is 0 Å². The summed E-state index contributed by atoms with van der Waals surface area (Å²) in [6.07, 6.45) is 3.50. The molecular formula is C14H18N4O. The molecule has 0 aliphatic carbocycles. The smallest absolute Gasteiger partial charge is 0.244 e. The van der Waals surface area contributed by atoms with E-state index in [1.807, 2.05) is 44.3 Å². The van der Waals surface area contributed by atoms with Crippen LogP contribution in [0, 0.1) is 6.92 Å². The first kappa shape index (κ1) is 13.1. The first-order valence-corrected chi connectivity index (χ1v) is 6.25. The Bertz CT molecular complexity index is 559. The molecule has 5 heteroatoms. The van der Waals surface area contributed by atoms with Crippen LogP contribution in [0.1, 0.15) is 24.1 Å². The number of benzene rings is 1. The van der Waals surface area contributed by atoms with Crippen molar-refractivity contribution in [3.8, 4) is 0 Å². The molecule has 0 saturated carbocycles. The number of primary amides is 1. The van der Waals surface area contributed by atoms with Crippen LogP contribution < -0.4 is 11.1 Å². The molecule has 100 valence electrons. The predicted molar refractivity (Wildman–Crippen MR) is 74.6 cm³/mol. The highest BCUT2D eigenvalue weighted by Gasteiger charge is 2.19. The summed E-state index contributed by atoms with van der Waals surface area (Å²) in [6, 6.07) is 7.25. The molecule has 5 nitrogen and oxygen atoms in total. The van der Waals surface area contributed by atoms with Gasteiger partial charge in [-0.05, 0) is 26.0 Å². The molecule has 19 heavy (non-hydrogen) atoms. The Labute approximate surface area is 112 Å². The van der Waals surface area contributed by atoms with E-state index in [0.717, 1.165) is 17.8 Å². The van der Waals surface area contributed by atoms with Gasteiger partial charge in [-0.25, -0.2) is 0 Å². The minimum absolute atomic E-state index is 0.420. The number of amides is 1. The van der Waals surface area contributed by atoms with E-state index in [-0.39, 0.29) is 0 Å². The fraction of sp³-hybridized carbons (Fsp3) is 0.286. The number of aryl methyl sites for hydroxylation is 2. The average Bonchev–Trinajstić information content (AvgIpc) is 2.86. The van der Waals surface area contributed by atoms with Crippen molar-refractivity contribution in [3.05, 3.63) is 47.8 Å². The lowest BCUT2D eigenvalue weighted by Crippen LogP contribution is -2.27. The van der Waals surface area contributed by atoms with E-state index in [4.69, 9.17) is 5.73 Å². The highest BCUT2D eigenvalue weighted by Crippen LogP contribution is 2.19. The number of carbonyl (C=O) groups is 1. The molecule has 1 aromatic carbocycles. The number of hydrogen-bond donors (Lipinski definition) is 2. The summed E-state index contributed by atoms with van der Waals surface area (Å²) < 4.78 is 1.77. The highest BCUT2D eigenvalue weighted by molar-refractivity contribution is 5.84. The second-order valence-corrected chi connectivity index (χ2v) is 4.48. The average molecular weight is 258 g/mol. The quantitative estimate of drug-likeness (QED) is 0.859. The number of carbonyl (C=O) groups excluding carboxylic acids is 1. The van der Waals surface area contributed by atoms with Crippen molar-refractivity contribution in [1.29, 1.82) is 0 Å². The van der Waals surface area contributed by atoms with E-state index in [9.17, 15) is 4.79 Å². The van der Waals surface area contributed by atoms with Crippen molar-refractivity contribution in [3.63, 3.8) is 0 Å². The zero-order valence-corrected chi connectivity index (χ0v) is 11.1. The fourth-order valence-corrected chi connectivity index (χ4v) is 1.84. The molecule has 0 bridgehead atoms. The Kier molecular flexibility index (Phi) is 3.85. The summed E-state index contributed by atoms with van der Waals surface area (Å²) in [4.78, 5) is 11.6. The molecule has 1 atom stereocenters. The predicted octanol–water partition coefficient (Wildman–Crippen LogP) is 1.85. The second kappa shape index (κ2) is 5.56. The van der Waals surface area contributed by atoms with E-state index in [1.54, 1.807) is 10.9 Å². The van der Waals surface area contributed by atoms with E-state index < -0.39 is 11.9 Å². The molecule has 0 radical (unpaired) electrons. The topological polar surface area (TPSA) is 72.9 Å². The number of aromatic nitrogens is 2. The molecule has 0 saturated heterocycles. The van der Waals surface area contributed by atoms with Crippen LogP contribution >= 0.6 is 0 Å². The first-order valence-electron chi connectivity index (χ1n) is 6.25. The van der Waals surface area contributed by atoms with E-state index in [0.29, 0.717) is 0 Å². The molecular weight excluding hydrogens is 240 g/mol. The van der Waals surface area contributed by atoms with Crippen LogP contribution in [0.5, 0.6) is 0 Å². The fourth-order valence-electron chi connectivity index (χ4n) is 1.84. The molecule has 1 unspecified atom stereocenters.